The largest absolute Gasteiger partial charge is 0.485 e. The van der Waals surface area contributed by atoms with Crippen LogP contribution < -0.4 is 14.8 Å². The van der Waals surface area contributed by atoms with E-state index in [1.807, 2.05) is 67.6 Å². The van der Waals surface area contributed by atoms with Crippen molar-refractivity contribution in [3.63, 3.8) is 0 Å². The second-order valence-corrected chi connectivity index (χ2v) is 7.43. The van der Waals surface area contributed by atoms with Gasteiger partial charge in [-0.05, 0) is 48.9 Å². The van der Waals surface area contributed by atoms with Crippen molar-refractivity contribution in [3.05, 3.63) is 90.0 Å². The molecule has 4 rings (SSSR count). The Balaban J connectivity index is 1.44. The molecule has 158 valence electrons. The number of nitrogens with one attached hydrogen (secondary N) is 1. The quantitative estimate of drug-likeness (QED) is 0.673. The zero-order chi connectivity index (χ0) is 21.8. The Morgan fingerprint density at radius 3 is 2.45 bits per heavy atom. The summed E-state index contributed by atoms with van der Waals surface area (Å²) in [6, 6.07) is 23.6. The number of carbonyl (C=O) groups excluding carboxylic acids is 2. The van der Waals surface area contributed by atoms with E-state index < -0.39 is 6.10 Å². The fraction of sp³-hybridized carbons (Fsp3) is 0.200. The summed E-state index contributed by atoms with van der Waals surface area (Å²) in [6.07, 6.45) is -0.705. The zero-order valence-corrected chi connectivity index (χ0v) is 17.4. The number of likely N-dealkylation sites (N-methyl/N-ethyl adjacent to an activating group) is 1. The van der Waals surface area contributed by atoms with E-state index in [1.165, 1.54) is 0 Å². The molecular weight excluding hydrogens is 392 g/mol. The van der Waals surface area contributed by atoms with Crippen molar-refractivity contribution in [2.75, 3.05) is 19.0 Å². The summed E-state index contributed by atoms with van der Waals surface area (Å²) in [6.45, 7) is 2.10. The van der Waals surface area contributed by atoms with Gasteiger partial charge in [0, 0.05) is 18.3 Å². The molecule has 3 aromatic carbocycles. The molecule has 2 amide bonds. The summed E-state index contributed by atoms with van der Waals surface area (Å²) >= 11 is 0. The van der Waals surface area contributed by atoms with Gasteiger partial charge in [0.2, 0.25) is 6.10 Å². The molecule has 1 aliphatic rings. The highest BCUT2D eigenvalue weighted by atomic mass is 16.6. The highest BCUT2D eigenvalue weighted by Gasteiger charge is 2.31. The van der Waals surface area contributed by atoms with Crippen LogP contribution in [0.1, 0.15) is 28.9 Å². The van der Waals surface area contributed by atoms with Gasteiger partial charge in [0.25, 0.3) is 11.8 Å². The molecule has 3 aromatic rings. The molecule has 1 heterocycles. The molecule has 1 N–H and O–H groups in total. The average Bonchev–Trinajstić information content (AvgIpc) is 2.83. The first kappa shape index (κ1) is 20.5. The van der Waals surface area contributed by atoms with Gasteiger partial charge < -0.3 is 19.7 Å². The van der Waals surface area contributed by atoms with Gasteiger partial charge in [0.1, 0.15) is 6.61 Å². The Morgan fingerprint density at radius 2 is 1.68 bits per heavy atom. The lowest BCUT2D eigenvalue weighted by molar-refractivity contribution is -0.141. The maximum atomic E-state index is 13.0. The number of para-hydroxylation sites is 2. The van der Waals surface area contributed by atoms with E-state index in [9.17, 15) is 9.59 Å². The Morgan fingerprint density at radius 1 is 0.968 bits per heavy atom. The number of hydrogen-bond donors (Lipinski definition) is 1. The van der Waals surface area contributed by atoms with Crippen LogP contribution in [0.4, 0.5) is 5.69 Å². The monoisotopic (exact) mass is 416 g/mol. The van der Waals surface area contributed by atoms with Gasteiger partial charge in [-0.1, -0.05) is 42.5 Å². The van der Waals surface area contributed by atoms with E-state index in [-0.39, 0.29) is 24.5 Å². The lowest BCUT2D eigenvalue weighted by atomic mass is 10.1. The number of amides is 2. The topological polar surface area (TPSA) is 67.9 Å². The molecule has 0 bridgehead atoms. The Hall–Kier alpha value is -3.80. The van der Waals surface area contributed by atoms with Crippen LogP contribution in [0, 0.1) is 0 Å². The molecule has 6 nitrogen and oxygen atoms in total. The predicted molar refractivity (Wildman–Crippen MR) is 118 cm³/mol. The third kappa shape index (κ3) is 4.53. The van der Waals surface area contributed by atoms with Crippen LogP contribution in [0.3, 0.4) is 0 Å². The van der Waals surface area contributed by atoms with E-state index >= 15 is 0 Å². The third-order valence-electron chi connectivity index (χ3n) is 5.38. The van der Waals surface area contributed by atoms with Gasteiger partial charge in [-0.3, -0.25) is 9.59 Å². The average molecular weight is 416 g/mol. The molecule has 1 aliphatic heterocycles. The SMILES string of the molecule is C[C@@H](c1cccc(NC(=O)c2ccccc2)c1)N(C)C(=O)[C@@H]1COc2ccccc2O1. The number of carbonyl (C=O) groups is 2. The number of anilines is 1. The van der Waals surface area contributed by atoms with Gasteiger partial charge >= 0.3 is 0 Å². The number of hydrogen-bond acceptors (Lipinski definition) is 4. The van der Waals surface area contributed by atoms with Crippen molar-refractivity contribution in [3.8, 4) is 11.5 Å². The molecule has 0 aliphatic carbocycles. The first-order valence-corrected chi connectivity index (χ1v) is 10.1. The highest BCUT2D eigenvalue weighted by molar-refractivity contribution is 6.04. The molecule has 0 fully saturated rings. The lowest BCUT2D eigenvalue weighted by Gasteiger charge is -2.32. The highest BCUT2D eigenvalue weighted by Crippen LogP contribution is 2.32. The lowest BCUT2D eigenvalue weighted by Crippen LogP contribution is -2.45. The molecular formula is C25H24N2O4. The second kappa shape index (κ2) is 8.92. The normalized spacial score (nSPS) is 15.6. The van der Waals surface area contributed by atoms with Gasteiger partial charge in [-0.15, -0.1) is 0 Å². The van der Waals surface area contributed by atoms with Crippen LogP contribution in [-0.4, -0.2) is 36.5 Å². The maximum Gasteiger partial charge on any atom is 0.267 e. The molecule has 0 saturated carbocycles. The molecule has 0 unspecified atom stereocenters. The van der Waals surface area contributed by atoms with Gasteiger partial charge in [-0.2, -0.15) is 0 Å². The minimum absolute atomic E-state index is 0.166. The Kier molecular flexibility index (Phi) is 5.89. The van der Waals surface area contributed by atoms with E-state index in [0.717, 1.165) is 5.56 Å². The summed E-state index contributed by atoms with van der Waals surface area (Å²) in [4.78, 5) is 27.1. The molecule has 2 atom stereocenters. The number of nitrogens with zero attached hydrogens (tertiary/aromatic N) is 1. The van der Waals surface area contributed by atoms with Crippen molar-refractivity contribution in [2.45, 2.75) is 19.1 Å². The first-order valence-electron chi connectivity index (χ1n) is 10.1. The van der Waals surface area contributed by atoms with Crippen molar-refractivity contribution < 1.29 is 19.1 Å². The standard InChI is InChI=1S/C25H24N2O4/c1-17(27(2)25(29)23-16-30-21-13-6-7-14-22(21)31-23)19-11-8-12-20(15-19)26-24(28)18-9-4-3-5-10-18/h3-15,17,23H,16H2,1-2H3,(H,26,28)/t17-,23-/m0/s1. The smallest absolute Gasteiger partial charge is 0.267 e. The number of ether oxygens (including phenoxy) is 2. The summed E-state index contributed by atoms with van der Waals surface area (Å²) in [7, 11) is 1.74. The number of benzene rings is 3. The first-order chi connectivity index (χ1) is 15.0. The van der Waals surface area contributed by atoms with Crippen molar-refractivity contribution in [1.82, 2.24) is 4.90 Å². The fourth-order valence-corrected chi connectivity index (χ4v) is 3.45. The molecule has 31 heavy (non-hydrogen) atoms. The van der Waals surface area contributed by atoms with Crippen LogP contribution in [0.2, 0.25) is 0 Å². The van der Waals surface area contributed by atoms with E-state index in [1.54, 1.807) is 30.1 Å². The third-order valence-corrected chi connectivity index (χ3v) is 5.38. The summed E-state index contributed by atoms with van der Waals surface area (Å²) in [5.74, 6) is 0.866. The molecule has 0 spiro atoms. The fourth-order valence-electron chi connectivity index (χ4n) is 3.45. The van der Waals surface area contributed by atoms with Crippen molar-refractivity contribution >= 4 is 17.5 Å². The van der Waals surface area contributed by atoms with E-state index in [4.69, 9.17) is 9.47 Å². The van der Waals surface area contributed by atoms with Crippen LogP contribution in [0.15, 0.2) is 78.9 Å². The van der Waals surface area contributed by atoms with Gasteiger partial charge in [0.05, 0.1) is 6.04 Å². The van der Waals surface area contributed by atoms with Crippen LogP contribution in [0.25, 0.3) is 0 Å². The van der Waals surface area contributed by atoms with Crippen LogP contribution in [-0.2, 0) is 4.79 Å². The molecule has 6 heteroatoms. The molecule has 0 aromatic heterocycles. The molecule has 0 saturated heterocycles. The number of fused-ring (bicyclic) bond motifs is 1. The minimum Gasteiger partial charge on any atom is -0.485 e. The molecule has 0 radical (unpaired) electrons. The van der Waals surface area contributed by atoms with E-state index in [0.29, 0.717) is 22.7 Å². The van der Waals surface area contributed by atoms with Crippen LogP contribution in [0.5, 0.6) is 11.5 Å². The zero-order valence-electron chi connectivity index (χ0n) is 17.4. The Bertz CT molecular complexity index is 1080. The summed E-state index contributed by atoms with van der Waals surface area (Å²) in [5, 5.41) is 2.91. The number of rotatable bonds is 5. The van der Waals surface area contributed by atoms with E-state index in [2.05, 4.69) is 5.32 Å². The van der Waals surface area contributed by atoms with Gasteiger partial charge in [0.15, 0.2) is 11.5 Å². The minimum atomic E-state index is -0.705. The van der Waals surface area contributed by atoms with Gasteiger partial charge in [-0.25, -0.2) is 0 Å². The summed E-state index contributed by atoms with van der Waals surface area (Å²) < 4.78 is 11.5. The van der Waals surface area contributed by atoms with Crippen LogP contribution >= 0.6 is 0 Å². The van der Waals surface area contributed by atoms with Crippen molar-refractivity contribution in [2.24, 2.45) is 0 Å². The second-order valence-electron chi connectivity index (χ2n) is 7.43. The predicted octanol–water partition coefficient (Wildman–Crippen LogP) is 4.30. The summed E-state index contributed by atoms with van der Waals surface area (Å²) in [5.41, 5.74) is 2.16. The maximum absolute atomic E-state index is 13.0. The Labute approximate surface area is 181 Å². The van der Waals surface area contributed by atoms with Crippen molar-refractivity contribution in [1.29, 1.82) is 0 Å².